The van der Waals surface area contributed by atoms with Gasteiger partial charge in [0.15, 0.2) is 0 Å². The third-order valence-electron chi connectivity index (χ3n) is 3.29. The van der Waals surface area contributed by atoms with Crippen molar-refractivity contribution in [1.29, 1.82) is 0 Å². The predicted octanol–water partition coefficient (Wildman–Crippen LogP) is 1.02. The number of hydrogen-bond acceptors (Lipinski definition) is 4. The third kappa shape index (κ3) is 3.02. The molecule has 0 saturated heterocycles. The summed E-state index contributed by atoms with van der Waals surface area (Å²) in [5.74, 6) is 0. The Labute approximate surface area is 136 Å². The molecule has 0 spiro atoms. The lowest BCUT2D eigenvalue weighted by molar-refractivity contribution is -0.307. The average molecular weight is 349 g/mol. The molecular formula is C15H10ClN2O4P-2. The van der Waals surface area contributed by atoms with Gasteiger partial charge in [-0.2, -0.15) is 0 Å². The second-order valence-corrected chi connectivity index (χ2v) is 6.69. The summed E-state index contributed by atoms with van der Waals surface area (Å²) in [4.78, 5) is 35.6. The van der Waals surface area contributed by atoms with Gasteiger partial charge in [0.05, 0.1) is 16.7 Å². The molecule has 3 rings (SSSR count). The van der Waals surface area contributed by atoms with E-state index in [1.165, 1.54) is 0 Å². The first-order valence-electron chi connectivity index (χ1n) is 6.57. The molecule has 0 aliphatic carbocycles. The van der Waals surface area contributed by atoms with Gasteiger partial charge < -0.3 is 14.4 Å². The Bertz CT molecular complexity index is 942. The number of rotatable bonds is 3. The van der Waals surface area contributed by atoms with E-state index < -0.39 is 18.5 Å². The van der Waals surface area contributed by atoms with E-state index >= 15 is 0 Å². The van der Waals surface area contributed by atoms with Gasteiger partial charge in [-0.25, -0.2) is 4.68 Å². The number of benzene rings is 2. The lowest BCUT2D eigenvalue weighted by Gasteiger charge is -2.28. The zero-order chi connectivity index (χ0) is 16.6. The molecule has 0 amide bonds. The quantitative estimate of drug-likeness (QED) is 0.714. The molecule has 118 valence electrons. The van der Waals surface area contributed by atoms with Crippen LogP contribution in [-0.2, 0) is 4.57 Å². The van der Waals surface area contributed by atoms with E-state index in [-0.39, 0.29) is 5.69 Å². The average Bonchev–Trinajstić information content (AvgIpc) is 2.86. The van der Waals surface area contributed by atoms with Crippen LogP contribution in [0.25, 0.3) is 16.9 Å². The van der Waals surface area contributed by atoms with Gasteiger partial charge in [0, 0.05) is 10.6 Å². The minimum absolute atomic E-state index is 0.0288. The van der Waals surface area contributed by atoms with Crippen LogP contribution in [0.5, 0.6) is 0 Å². The number of aromatic amines is 1. The van der Waals surface area contributed by atoms with E-state index in [1.807, 2.05) is 0 Å². The Morgan fingerprint density at radius 3 is 2.17 bits per heavy atom. The number of nitrogens with zero attached hydrogens (tertiary/aromatic N) is 1. The van der Waals surface area contributed by atoms with Crippen molar-refractivity contribution in [3.05, 3.63) is 70.0 Å². The van der Waals surface area contributed by atoms with Crippen LogP contribution in [0, 0.1) is 0 Å². The van der Waals surface area contributed by atoms with Gasteiger partial charge in [-0.1, -0.05) is 41.9 Å². The molecule has 2 aromatic carbocycles. The van der Waals surface area contributed by atoms with Gasteiger partial charge >= 0.3 is 0 Å². The van der Waals surface area contributed by atoms with E-state index in [9.17, 15) is 19.1 Å². The van der Waals surface area contributed by atoms with Crippen LogP contribution in [0.2, 0.25) is 5.02 Å². The first kappa shape index (κ1) is 15.8. The minimum atomic E-state index is -5.26. The smallest absolute Gasteiger partial charge is 0.280 e. The molecule has 0 unspecified atom stereocenters. The molecule has 6 nitrogen and oxygen atoms in total. The number of hydrogen-bond donors (Lipinski definition) is 1. The lowest BCUT2D eigenvalue weighted by Crippen LogP contribution is -2.36. The molecular weight excluding hydrogens is 339 g/mol. The van der Waals surface area contributed by atoms with Crippen molar-refractivity contribution in [2.75, 3.05) is 0 Å². The first-order chi connectivity index (χ1) is 10.9. The van der Waals surface area contributed by atoms with Crippen LogP contribution in [0.15, 0.2) is 59.4 Å². The Balaban J connectivity index is 2.29. The van der Waals surface area contributed by atoms with Gasteiger partial charge in [0.25, 0.3) is 5.56 Å². The van der Waals surface area contributed by atoms with Crippen molar-refractivity contribution in [3.63, 3.8) is 0 Å². The lowest BCUT2D eigenvalue weighted by atomic mass is 10.2. The maximum absolute atomic E-state index is 12.4. The molecule has 0 saturated carbocycles. The predicted molar refractivity (Wildman–Crippen MR) is 84.1 cm³/mol. The molecule has 0 radical (unpaired) electrons. The Morgan fingerprint density at radius 1 is 1.00 bits per heavy atom. The summed E-state index contributed by atoms with van der Waals surface area (Å²) < 4.78 is 12.6. The Kier molecular flexibility index (Phi) is 4.00. The van der Waals surface area contributed by atoms with E-state index in [2.05, 4.69) is 5.10 Å². The highest BCUT2D eigenvalue weighted by molar-refractivity contribution is 7.57. The minimum Gasteiger partial charge on any atom is -0.807 e. The van der Waals surface area contributed by atoms with Gasteiger partial charge in [0.2, 0.25) is 0 Å². The summed E-state index contributed by atoms with van der Waals surface area (Å²) in [6.45, 7) is 0. The van der Waals surface area contributed by atoms with Crippen LogP contribution in [0.3, 0.4) is 0 Å². The molecule has 3 aromatic rings. The summed E-state index contributed by atoms with van der Waals surface area (Å²) in [7, 11) is -5.26. The van der Waals surface area contributed by atoms with E-state index in [0.717, 1.165) is 4.68 Å². The molecule has 0 fully saturated rings. The highest BCUT2D eigenvalue weighted by Crippen LogP contribution is 2.27. The van der Waals surface area contributed by atoms with Crippen LogP contribution in [0.4, 0.5) is 0 Å². The van der Waals surface area contributed by atoms with Crippen LogP contribution in [-0.4, -0.2) is 9.78 Å². The van der Waals surface area contributed by atoms with Crippen LogP contribution >= 0.6 is 19.2 Å². The van der Waals surface area contributed by atoms with Crippen molar-refractivity contribution in [1.82, 2.24) is 9.78 Å². The van der Waals surface area contributed by atoms with Gasteiger partial charge in [0.1, 0.15) is 0 Å². The molecule has 1 N–H and O–H groups in total. The zero-order valence-corrected chi connectivity index (χ0v) is 13.3. The number of halogens is 1. The molecule has 8 heteroatoms. The fourth-order valence-corrected chi connectivity index (χ4v) is 3.17. The maximum atomic E-state index is 12.4. The fourth-order valence-electron chi connectivity index (χ4n) is 2.26. The Hall–Kier alpha value is -2.11. The van der Waals surface area contributed by atoms with Crippen molar-refractivity contribution in [2.45, 2.75) is 0 Å². The van der Waals surface area contributed by atoms with E-state index in [1.54, 1.807) is 54.6 Å². The number of nitrogens with one attached hydrogen (secondary N) is 1. The fraction of sp³-hybridized carbons (Fsp3) is 0. The van der Waals surface area contributed by atoms with Crippen molar-refractivity contribution < 1.29 is 14.4 Å². The monoisotopic (exact) mass is 348 g/mol. The standard InChI is InChI=1S/C15H12ClN2O4P/c16-11-6-8-12(9-7-11)18-15(19)14(23(20,21)22)13(17-18)10-4-2-1-3-5-10/h1-9,17H,(H2,20,21,22)/p-2. The largest absolute Gasteiger partial charge is 0.807 e. The molecule has 1 heterocycles. The molecule has 0 aliphatic heterocycles. The van der Waals surface area contributed by atoms with Crippen molar-refractivity contribution in [2.24, 2.45) is 0 Å². The zero-order valence-electron chi connectivity index (χ0n) is 11.6. The van der Waals surface area contributed by atoms with Crippen LogP contribution < -0.4 is 20.7 Å². The summed E-state index contributed by atoms with van der Waals surface area (Å²) >= 11 is 5.80. The van der Waals surface area contributed by atoms with Crippen molar-refractivity contribution >= 4 is 24.5 Å². The second-order valence-electron chi connectivity index (χ2n) is 4.82. The van der Waals surface area contributed by atoms with Crippen LogP contribution in [0.1, 0.15) is 0 Å². The summed E-state index contributed by atoms with van der Waals surface area (Å²) in [5, 5.41) is 2.39. The maximum Gasteiger partial charge on any atom is 0.280 e. The molecule has 0 aliphatic rings. The summed E-state index contributed by atoms with van der Waals surface area (Å²) in [5.41, 5.74) is -0.145. The Morgan fingerprint density at radius 2 is 1.61 bits per heavy atom. The molecule has 23 heavy (non-hydrogen) atoms. The van der Waals surface area contributed by atoms with E-state index in [4.69, 9.17) is 11.6 Å². The van der Waals surface area contributed by atoms with Gasteiger partial charge in [-0.15, -0.1) is 0 Å². The number of H-pyrrole nitrogens is 1. The highest BCUT2D eigenvalue weighted by Gasteiger charge is 2.19. The second kappa shape index (κ2) is 5.83. The normalized spacial score (nSPS) is 11.6. The summed E-state index contributed by atoms with van der Waals surface area (Å²) in [6, 6.07) is 14.5. The SMILES string of the molecule is O=c1c(P(=O)([O-])[O-])c(-c2ccccc2)[nH]n1-c1ccc(Cl)cc1. The number of aromatic nitrogens is 2. The van der Waals surface area contributed by atoms with E-state index in [0.29, 0.717) is 16.3 Å². The summed E-state index contributed by atoms with van der Waals surface area (Å²) in [6.07, 6.45) is 0. The van der Waals surface area contributed by atoms with Gasteiger partial charge in [-0.05, 0) is 31.9 Å². The van der Waals surface area contributed by atoms with Crippen molar-refractivity contribution in [3.8, 4) is 16.9 Å². The molecule has 0 atom stereocenters. The van der Waals surface area contributed by atoms with Gasteiger partial charge in [-0.3, -0.25) is 9.89 Å². The first-order valence-corrected chi connectivity index (χ1v) is 8.49. The molecule has 1 aromatic heterocycles. The third-order valence-corrected chi connectivity index (χ3v) is 4.50. The highest BCUT2D eigenvalue weighted by atomic mass is 35.5. The molecule has 0 bridgehead atoms. The topological polar surface area (TPSA) is 101 Å².